The van der Waals surface area contributed by atoms with E-state index in [-0.39, 0.29) is 65.9 Å². The van der Waals surface area contributed by atoms with Crippen LogP contribution in [0.3, 0.4) is 0 Å². The van der Waals surface area contributed by atoms with Crippen molar-refractivity contribution in [3.63, 3.8) is 0 Å². The molecule has 0 aliphatic carbocycles. The van der Waals surface area contributed by atoms with E-state index in [0.29, 0.717) is 84.2 Å². The number of nitrogens with one attached hydrogen (secondary N) is 3. The number of aliphatic carboxylic acids is 2. The summed E-state index contributed by atoms with van der Waals surface area (Å²) in [4.78, 5) is 115. The Balaban J connectivity index is 0.00000307. The number of ether oxygens (including phenoxy) is 2. The van der Waals surface area contributed by atoms with Crippen molar-refractivity contribution in [2.75, 3.05) is 61.1 Å². The third kappa shape index (κ3) is 23.6. The average molecular weight is 1170 g/mol. The number of alkyl halides is 3. The normalized spacial score (nSPS) is 18.0. The van der Waals surface area contributed by atoms with Crippen LogP contribution in [0.2, 0.25) is 0 Å². The van der Waals surface area contributed by atoms with Gasteiger partial charge in [0.1, 0.15) is 23.9 Å². The Morgan fingerprint density at radius 3 is 2.02 bits per heavy atom. The molecule has 468 valence electrons. The number of hydroxylamine groups is 2. The van der Waals surface area contributed by atoms with Gasteiger partial charge in [-0.15, -0.1) is 0 Å². The van der Waals surface area contributed by atoms with Gasteiger partial charge < -0.3 is 56.3 Å². The molecule has 0 aromatic heterocycles. The number of nitrogens with two attached hydrogens (primary N) is 1. The molecule has 1 aromatic rings. The molecule has 2 heterocycles. The van der Waals surface area contributed by atoms with Gasteiger partial charge in [0.2, 0.25) is 29.5 Å². The minimum Gasteiger partial charge on any atom is -0.508 e. The molecule has 10 atom stereocenters. The molecule has 25 heteroatoms. The number of carboxylic acid groups (broad SMARTS) is 2. The highest BCUT2D eigenvalue weighted by molar-refractivity contribution is 5.91. The lowest BCUT2D eigenvalue weighted by Crippen LogP contribution is -2.60. The van der Waals surface area contributed by atoms with Crippen LogP contribution in [0.5, 0.6) is 5.75 Å². The van der Waals surface area contributed by atoms with Gasteiger partial charge in [0.05, 0.1) is 49.3 Å². The standard InChI is InChI=1S/C55H94N8O12.C2HF3O2/c1-12-37(6)49(61(9)54(70)47(35(2)3)59-52(68)48(36(4)5)60(8)29-17-13-14-23-45(65)57-28-16-15-21-41(56)55(71)72)44(73-10)34-46(66)62-30-20-22-43(62)50(74-11)38(7)51(67)58-42(33-39-24-26-40(64)27-25-39)53(69)63-31-18-19-32-75-63;3-2(4,5)1(6)7/h24-27,35-38,41-44,47-50,64H,12-23,28-34,56H2,1-11H3,(H,57,65)(H,58,67)(H,59,68)(H,71,72);(H,6,7)/t37-,38+,41-,42-,43-,44+,47-,48-,49-,50+;/m0./s1. The number of methoxy groups -OCH3 is 2. The van der Waals surface area contributed by atoms with Gasteiger partial charge in [-0.2, -0.15) is 13.2 Å². The van der Waals surface area contributed by atoms with Crippen LogP contribution < -0.4 is 21.7 Å². The van der Waals surface area contributed by atoms with Crippen LogP contribution in [0, 0.1) is 23.7 Å². The van der Waals surface area contributed by atoms with Crippen LogP contribution in [0.4, 0.5) is 13.2 Å². The molecule has 3 rings (SSSR count). The largest absolute Gasteiger partial charge is 0.508 e. The molecule has 82 heavy (non-hydrogen) atoms. The third-order valence-corrected chi connectivity index (χ3v) is 15.3. The van der Waals surface area contributed by atoms with Crippen LogP contribution in [-0.4, -0.2) is 198 Å². The van der Waals surface area contributed by atoms with Crippen LogP contribution in [-0.2, 0) is 59.1 Å². The Labute approximate surface area is 482 Å². The summed E-state index contributed by atoms with van der Waals surface area (Å²) >= 11 is 0. The lowest BCUT2D eigenvalue weighted by atomic mass is 9.89. The maximum absolute atomic E-state index is 14.7. The predicted molar refractivity (Wildman–Crippen MR) is 299 cm³/mol. The van der Waals surface area contributed by atoms with Crippen molar-refractivity contribution in [1.82, 2.24) is 35.7 Å². The average Bonchev–Trinajstić information content (AvgIpc) is 4.09. The number of carbonyl (C=O) groups excluding carboxylic acids is 6. The third-order valence-electron chi connectivity index (χ3n) is 15.3. The summed E-state index contributed by atoms with van der Waals surface area (Å²) in [6.45, 7) is 15.8. The Hall–Kier alpha value is -5.63. The zero-order valence-electron chi connectivity index (χ0n) is 50.0. The second-order valence-corrected chi connectivity index (χ2v) is 22.3. The van der Waals surface area contributed by atoms with Crippen LogP contribution in [0.1, 0.15) is 138 Å². The minimum absolute atomic E-state index is 0.0506. The van der Waals surface area contributed by atoms with E-state index in [2.05, 4.69) is 16.0 Å². The molecule has 8 N–H and O–H groups in total. The van der Waals surface area contributed by atoms with Crippen LogP contribution >= 0.6 is 0 Å². The molecule has 2 saturated heterocycles. The van der Waals surface area contributed by atoms with Crippen molar-refractivity contribution in [2.24, 2.45) is 29.4 Å². The first kappa shape index (κ1) is 72.5. The van der Waals surface area contributed by atoms with E-state index in [4.69, 9.17) is 35.1 Å². The lowest BCUT2D eigenvalue weighted by Gasteiger charge is -2.41. The SMILES string of the molecule is CC[C@H](C)[C@@H]([C@@H](CC(=O)N1CCC[C@H]1[C@H](OC)[C@@H](C)C(=O)N[C@@H](Cc1ccc(O)cc1)C(=O)N1CCCCO1)OC)N(C)C(=O)[C@@H](NC(=O)[C@H](C(C)C)N(C)CCCCCC(=O)NCCCC[C@H](N)C(=O)O)C(C)C.O=C(O)C(F)(F)F. The van der Waals surface area contributed by atoms with Crippen LogP contribution in [0.15, 0.2) is 24.3 Å². The fourth-order valence-electron chi connectivity index (χ4n) is 10.5. The second-order valence-electron chi connectivity index (χ2n) is 22.3. The first-order chi connectivity index (χ1) is 38.5. The number of halogens is 3. The smallest absolute Gasteiger partial charge is 0.490 e. The number of hydrogen-bond acceptors (Lipinski definition) is 14. The number of aromatic hydroxyl groups is 1. The summed E-state index contributed by atoms with van der Waals surface area (Å²) in [6.07, 6.45) is 1.36. The first-order valence-corrected chi connectivity index (χ1v) is 28.7. The monoisotopic (exact) mass is 1170 g/mol. The number of unbranched alkanes of at least 4 members (excludes halogenated alkanes) is 3. The lowest BCUT2D eigenvalue weighted by molar-refractivity contribution is -0.199. The number of benzene rings is 1. The van der Waals surface area contributed by atoms with E-state index < -0.39 is 78.4 Å². The number of phenols is 1. The van der Waals surface area contributed by atoms with Crippen molar-refractivity contribution in [2.45, 2.75) is 193 Å². The molecule has 2 aliphatic rings. The Morgan fingerprint density at radius 2 is 1.49 bits per heavy atom. The van der Waals surface area contributed by atoms with E-state index in [1.165, 1.54) is 31.4 Å². The molecule has 2 fully saturated rings. The number of likely N-dealkylation sites (N-methyl/N-ethyl adjacent to an activating group) is 2. The predicted octanol–water partition coefficient (Wildman–Crippen LogP) is 4.88. The zero-order valence-corrected chi connectivity index (χ0v) is 50.0. The van der Waals surface area contributed by atoms with E-state index in [1.807, 2.05) is 53.5 Å². The van der Waals surface area contributed by atoms with Crippen molar-refractivity contribution < 1.29 is 81.2 Å². The number of nitrogens with zero attached hydrogens (tertiary/aromatic N) is 4. The summed E-state index contributed by atoms with van der Waals surface area (Å²) in [5.74, 6) is -6.54. The van der Waals surface area contributed by atoms with E-state index in [1.54, 1.807) is 35.9 Å². The van der Waals surface area contributed by atoms with Crippen molar-refractivity contribution in [3.05, 3.63) is 29.8 Å². The van der Waals surface area contributed by atoms with Gasteiger partial charge in [0.25, 0.3) is 5.91 Å². The summed E-state index contributed by atoms with van der Waals surface area (Å²) in [7, 11) is 6.65. The van der Waals surface area contributed by atoms with E-state index in [9.17, 15) is 51.8 Å². The molecule has 0 saturated carbocycles. The highest BCUT2D eigenvalue weighted by Crippen LogP contribution is 2.30. The van der Waals surface area contributed by atoms with Crippen molar-refractivity contribution >= 4 is 47.4 Å². The van der Waals surface area contributed by atoms with Crippen molar-refractivity contribution in [1.29, 1.82) is 0 Å². The number of amides is 6. The van der Waals surface area contributed by atoms with Gasteiger partial charge in [-0.1, -0.05) is 73.4 Å². The number of hydrogen-bond donors (Lipinski definition) is 7. The molecule has 2 aliphatic heterocycles. The number of rotatable bonds is 33. The van der Waals surface area contributed by atoms with Crippen LogP contribution in [0.25, 0.3) is 0 Å². The van der Waals surface area contributed by atoms with E-state index in [0.717, 1.165) is 31.2 Å². The summed E-state index contributed by atoms with van der Waals surface area (Å²) in [5.41, 5.74) is 6.28. The molecule has 0 bridgehead atoms. The summed E-state index contributed by atoms with van der Waals surface area (Å²) < 4.78 is 43.9. The van der Waals surface area contributed by atoms with Crippen molar-refractivity contribution in [3.8, 4) is 5.75 Å². The second kappa shape index (κ2) is 36.2. The molecule has 0 spiro atoms. The maximum atomic E-state index is 14.7. The number of likely N-dealkylation sites (tertiary alicyclic amines) is 1. The fourth-order valence-corrected chi connectivity index (χ4v) is 10.5. The minimum atomic E-state index is -5.08. The summed E-state index contributed by atoms with van der Waals surface area (Å²) in [5, 5.41) is 36.2. The molecular weight excluding hydrogens is 1080 g/mol. The maximum Gasteiger partial charge on any atom is 0.490 e. The molecule has 22 nitrogen and oxygen atoms in total. The molecule has 6 amide bonds. The van der Waals surface area contributed by atoms with Gasteiger partial charge in [-0.3, -0.25) is 43.3 Å². The van der Waals surface area contributed by atoms with Gasteiger partial charge in [-0.05, 0) is 107 Å². The zero-order chi connectivity index (χ0) is 62.0. The first-order valence-electron chi connectivity index (χ1n) is 28.7. The Bertz CT molecular complexity index is 2170. The topological polar surface area (TPSA) is 300 Å². The quantitative estimate of drug-likeness (QED) is 0.0461. The van der Waals surface area contributed by atoms with Gasteiger partial charge in [-0.25, -0.2) is 9.86 Å². The van der Waals surface area contributed by atoms with Gasteiger partial charge >= 0.3 is 18.1 Å². The summed E-state index contributed by atoms with van der Waals surface area (Å²) in [6, 6.07) is 2.22. The Morgan fingerprint density at radius 1 is 0.841 bits per heavy atom. The fraction of sp³-hybridized carbons (Fsp3) is 0.754. The van der Waals surface area contributed by atoms with Gasteiger partial charge in [0.15, 0.2) is 0 Å². The number of carboxylic acids is 2. The highest BCUT2D eigenvalue weighted by atomic mass is 19.4. The Kier molecular flexibility index (Phi) is 32.0. The number of phenolic OH excluding ortho intramolecular Hbond substituents is 1. The molecule has 0 radical (unpaired) electrons. The number of carbonyl (C=O) groups is 8. The molecular formula is C57H95F3N8O14. The molecule has 1 aromatic carbocycles. The highest BCUT2D eigenvalue weighted by Gasteiger charge is 2.44. The molecule has 0 unspecified atom stereocenters. The van der Waals surface area contributed by atoms with Gasteiger partial charge in [0, 0.05) is 53.7 Å². The van der Waals surface area contributed by atoms with E-state index >= 15 is 0 Å².